The number of aromatic nitrogens is 2. The average Bonchev–Trinajstić information content (AvgIpc) is 2.59. The van der Waals surface area contributed by atoms with Crippen molar-refractivity contribution in [1.29, 1.82) is 0 Å². The molecule has 140 valence electrons. The molecule has 1 unspecified atom stereocenters. The smallest absolute Gasteiger partial charge is 0.222 e. The number of nitrogens with two attached hydrogens (primary N) is 1. The number of aliphatic imine (C=N–C) groups is 1. The molecule has 0 saturated carbocycles. The highest BCUT2D eigenvalue weighted by Crippen LogP contribution is 2.24. The van der Waals surface area contributed by atoms with Gasteiger partial charge in [0.15, 0.2) is 11.6 Å². The van der Waals surface area contributed by atoms with Crippen LogP contribution in [0.3, 0.4) is 0 Å². The lowest BCUT2D eigenvalue weighted by atomic mass is 10.1. The third-order valence-electron chi connectivity index (χ3n) is 3.76. The molecule has 0 aliphatic heterocycles. The van der Waals surface area contributed by atoms with Gasteiger partial charge in [0.25, 0.3) is 0 Å². The number of allylic oxidation sites excluding steroid dienone is 1. The Morgan fingerprint density at radius 2 is 2.20 bits per heavy atom. The Kier molecular flexibility index (Phi) is 9.54. The Hall–Kier alpha value is -2.15. The van der Waals surface area contributed by atoms with Crippen LogP contribution in [0.1, 0.15) is 46.5 Å². The predicted molar refractivity (Wildman–Crippen MR) is 103 cm³/mol. The Morgan fingerprint density at radius 3 is 2.84 bits per heavy atom. The summed E-state index contributed by atoms with van der Waals surface area (Å²) in [6, 6.07) is 0.118. The van der Waals surface area contributed by atoms with E-state index in [4.69, 9.17) is 10.5 Å². The minimum Gasteiger partial charge on any atom is -0.484 e. The molecule has 1 atom stereocenters. The van der Waals surface area contributed by atoms with Crippen molar-refractivity contribution in [2.24, 2.45) is 4.99 Å². The third kappa shape index (κ3) is 7.98. The van der Waals surface area contributed by atoms with Gasteiger partial charge in [0, 0.05) is 25.4 Å². The summed E-state index contributed by atoms with van der Waals surface area (Å²) in [5, 5.41) is 12.6. The van der Waals surface area contributed by atoms with Gasteiger partial charge >= 0.3 is 0 Å². The number of unbranched alkanes of at least 4 members (excludes halogenated alkanes) is 1. The van der Waals surface area contributed by atoms with Gasteiger partial charge in [0.05, 0.1) is 6.20 Å². The van der Waals surface area contributed by atoms with E-state index < -0.39 is 0 Å². The topological polar surface area (TPSA) is 106 Å². The lowest BCUT2D eigenvalue weighted by molar-refractivity contribution is 0.275. The molecule has 0 spiro atoms. The molecule has 7 heteroatoms. The quantitative estimate of drug-likeness (QED) is 0.531. The van der Waals surface area contributed by atoms with Crippen molar-refractivity contribution < 1.29 is 9.84 Å². The van der Waals surface area contributed by atoms with Crippen LogP contribution in [0.4, 0.5) is 11.8 Å². The molecule has 0 fully saturated rings. The zero-order chi connectivity index (χ0) is 18.7. The van der Waals surface area contributed by atoms with E-state index in [1.165, 1.54) is 0 Å². The number of aliphatic hydroxyl groups excluding tert-OH is 1. The van der Waals surface area contributed by atoms with Gasteiger partial charge in [-0.1, -0.05) is 19.8 Å². The van der Waals surface area contributed by atoms with Gasteiger partial charge in [-0.2, -0.15) is 4.98 Å². The normalized spacial score (nSPS) is 13.6. The fourth-order valence-corrected chi connectivity index (χ4v) is 2.34. The molecule has 4 N–H and O–H groups in total. The van der Waals surface area contributed by atoms with Crippen molar-refractivity contribution in [3.63, 3.8) is 0 Å². The molecule has 1 aromatic heterocycles. The molecule has 1 heterocycles. The predicted octanol–water partition coefficient (Wildman–Crippen LogP) is 2.83. The highest BCUT2D eigenvalue weighted by Gasteiger charge is 2.14. The lowest BCUT2D eigenvalue weighted by Gasteiger charge is -2.20. The van der Waals surface area contributed by atoms with Gasteiger partial charge < -0.3 is 20.9 Å². The van der Waals surface area contributed by atoms with Crippen LogP contribution < -0.4 is 15.8 Å². The van der Waals surface area contributed by atoms with E-state index in [0.29, 0.717) is 24.6 Å². The van der Waals surface area contributed by atoms with Crippen LogP contribution in [0.15, 0.2) is 22.8 Å². The molecule has 25 heavy (non-hydrogen) atoms. The first-order valence-electron chi connectivity index (χ1n) is 8.73. The second-order valence-electron chi connectivity index (χ2n) is 6.08. The maximum Gasteiger partial charge on any atom is 0.222 e. The number of nitrogens with zero attached hydrogens (tertiary/aromatic N) is 3. The van der Waals surface area contributed by atoms with E-state index in [2.05, 4.69) is 27.2 Å². The van der Waals surface area contributed by atoms with Gasteiger partial charge in [0.1, 0.15) is 6.61 Å². The number of hydrogen-bond donors (Lipinski definition) is 3. The van der Waals surface area contributed by atoms with Crippen molar-refractivity contribution >= 4 is 17.5 Å². The number of anilines is 2. The van der Waals surface area contributed by atoms with Crippen LogP contribution in [-0.4, -0.2) is 47.1 Å². The number of nitrogen functional groups attached to an aromatic ring is 1. The fourth-order valence-electron chi connectivity index (χ4n) is 2.34. The van der Waals surface area contributed by atoms with E-state index in [0.717, 1.165) is 30.5 Å². The van der Waals surface area contributed by atoms with Crippen molar-refractivity contribution in [2.45, 2.75) is 52.5 Å². The van der Waals surface area contributed by atoms with Crippen molar-refractivity contribution in [3.8, 4) is 5.75 Å². The second-order valence-corrected chi connectivity index (χ2v) is 6.08. The molecule has 0 aliphatic carbocycles. The summed E-state index contributed by atoms with van der Waals surface area (Å²) in [7, 11) is 1.76. The minimum absolute atomic E-state index is 0.118. The summed E-state index contributed by atoms with van der Waals surface area (Å²) in [5.74, 6) is 1.30. The summed E-state index contributed by atoms with van der Waals surface area (Å²) in [6.07, 6.45) is 7.32. The van der Waals surface area contributed by atoms with Crippen LogP contribution >= 0.6 is 0 Å². The Bertz CT molecular complexity index is 587. The van der Waals surface area contributed by atoms with E-state index in [-0.39, 0.29) is 18.6 Å². The molecule has 1 rings (SSSR count). The highest BCUT2D eigenvalue weighted by atomic mass is 16.5. The van der Waals surface area contributed by atoms with E-state index in [1.807, 2.05) is 19.9 Å². The Morgan fingerprint density at radius 1 is 1.44 bits per heavy atom. The standard InChI is InChI=1S/C18H31N5O2/c1-5-6-7-15(8-9-24)22-17-16(11-21-18(19)23-17)25-12-13(2)10-14(3)20-4/h10-11,15,24H,5-9,12H2,1-4H3,(H3,19,21,22,23)/b13-10+,20-14-. The molecule has 0 amide bonds. The molecule has 0 aliphatic rings. The second kappa shape index (κ2) is 11.4. The number of nitrogens with one attached hydrogen (secondary N) is 1. The van der Waals surface area contributed by atoms with Crippen LogP contribution in [0.2, 0.25) is 0 Å². The largest absolute Gasteiger partial charge is 0.484 e. The fraction of sp³-hybridized carbons (Fsp3) is 0.611. The van der Waals surface area contributed by atoms with Gasteiger partial charge in [0.2, 0.25) is 5.95 Å². The molecule has 7 nitrogen and oxygen atoms in total. The number of aliphatic hydroxyl groups is 1. The first kappa shape index (κ1) is 20.9. The lowest BCUT2D eigenvalue weighted by Crippen LogP contribution is -2.22. The molecule has 0 saturated heterocycles. The molecular formula is C18H31N5O2. The van der Waals surface area contributed by atoms with E-state index >= 15 is 0 Å². The van der Waals surface area contributed by atoms with Crippen molar-refractivity contribution in [3.05, 3.63) is 17.8 Å². The molecule has 0 bridgehead atoms. The van der Waals surface area contributed by atoms with Crippen LogP contribution in [0.25, 0.3) is 0 Å². The maximum absolute atomic E-state index is 9.27. The van der Waals surface area contributed by atoms with Gasteiger partial charge in [-0.05, 0) is 38.3 Å². The van der Waals surface area contributed by atoms with Crippen LogP contribution in [0.5, 0.6) is 5.75 Å². The van der Waals surface area contributed by atoms with Crippen molar-refractivity contribution in [2.75, 3.05) is 31.3 Å². The summed E-state index contributed by atoms with van der Waals surface area (Å²) in [4.78, 5) is 12.4. The zero-order valence-corrected chi connectivity index (χ0v) is 15.7. The summed E-state index contributed by atoms with van der Waals surface area (Å²) in [5.41, 5.74) is 7.71. The summed E-state index contributed by atoms with van der Waals surface area (Å²) >= 11 is 0. The van der Waals surface area contributed by atoms with Crippen molar-refractivity contribution in [1.82, 2.24) is 9.97 Å². The van der Waals surface area contributed by atoms with Gasteiger partial charge in [-0.3, -0.25) is 4.99 Å². The third-order valence-corrected chi connectivity index (χ3v) is 3.76. The SMILES string of the molecule is CCCCC(CCO)Nc1nc(N)ncc1OC/C(C)=C/C(C)=N\C. The number of rotatable bonds is 11. The van der Waals surface area contributed by atoms with E-state index in [1.54, 1.807) is 13.2 Å². The summed E-state index contributed by atoms with van der Waals surface area (Å²) in [6.45, 7) is 6.60. The molecule has 0 radical (unpaired) electrons. The summed E-state index contributed by atoms with van der Waals surface area (Å²) < 4.78 is 5.85. The molecule has 0 aromatic carbocycles. The van der Waals surface area contributed by atoms with Gasteiger partial charge in [-0.25, -0.2) is 4.98 Å². The zero-order valence-electron chi connectivity index (χ0n) is 15.7. The maximum atomic E-state index is 9.27. The number of hydrogen-bond acceptors (Lipinski definition) is 7. The Balaban J connectivity index is 2.85. The first-order valence-corrected chi connectivity index (χ1v) is 8.73. The minimum atomic E-state index is 0.118. The first-order chi connectivity index (χ1) is 12.0. The number of ether oxygens (including phenoxy) is 1. The molecular weight excluding hydrogens is 318 g/mol. The van der Waals surface area contributed by atoms with Gasteiger partial charge in [-0.15, -0.1) is 0 Å². The van der Waals surface area contributed by atoms with Crippen LogP contribution in [0, 0.1) is 0 Å². The average molecular weight is 349 g/mol. The van der Waals surface area contributed by atoms with Crippen LogP contribution in [-0.2, 0) is 0 Å². The monoisotopic (exact) mass is 349 g/mol. The Labute approximate surface area is 150 Å². The van der Waals surface area contributed by atoms with E-state index in [9.17, 15) is 5.11 Å². The molecule has 1 aromatic rings. The highest BCUT2D eigenvalue weighted by molar-refractivity contribution is 5.93.